The standard InChI is InChI=1S/C21H23FN2O2/c22-16-7-5-15(6-8-16)14-26-20-4-2-1-3-19(20)21(25)23-17-11-12-24(13-17)18-9-10-18/h1-8,17-18H,9-14H2,(H,23,25). The summed E-state index contributed by atoms with van der Waals surface area (Å²) in [6, 6.07) is 14.4. The highest BCUT2D eigenvalue weighted by molar-refractivity contribution is 5.97. The number of ether oxygens (including phenoxy) is 1. The molecule has 0 aromatic heterocycles. The number of hydrogen-bond acceptors (Lipinski definition) is 3. The topological polar surface area (TPSA) is 41.6 Å². The minimum absolute atomic E-state index is 0.0950. The maximum absolute atomic E-state index is 13.0. The highest BCUT2D eigenvalue weighted by atomic mass is 19.1. The first-order valence-corrected chi connectivity index (χ1v) is 9.20. The van der Waals surface area contributed by atoms with Gasteiger partial charge in [-0.2, -0.15) is 0 Å². The highest BCUT2D eigenvalue weighted by Gasteiger charge is 2.35. The molecule has 1 atom stereocenters. The second-order valence-corrected chi connectivity index (χ2v) is 7.10. The van der Waals surface area contributed by atoms with Crippen molar-refractivity contribution in [3.8, 4) is 5.75 Å². The molecule has 2 fully saturated rings. The summed E-state index contributed by atoms with van der Waals surface area (Å²) in [4.78, 5) is 15.2. The lowest BCUT2D eigenvalue weighted by atomic mass is 10.1. The first-order chi connectivity index (χ1) is 12.7. The average molecular weight is 354 g/mol. The third kappa shape index (κ3) is 4.05. The summed E-state index contributed by atoms with van der Waals surface area (Å²) in [6.45, 7) is 2.30. The molecule has 1 saturated heterocycles. The molecule has 2 aromatic carbocycles. The second-order valence-electron chi connectivity index (χ2n) is 7.10. The van der Waals surface area contributed by atoms with Gasteiger partial charge in [0, 0.05) is 25.2 Å². The third-order valence-electron chi connectivity index (χ3n) is 5.06. The lowest BCUT2D eigenvalue weighted by molar-refractivity contribution is 0.0933. The van der Waals surface area contributed by atoms with E-state index >= 15 is 0 Å². The van der Waals surface area contributed by atoms with Crippen LogP contribution in [0.15, 0.2) is 48.5 Å². The maximum Gasteiger partial charge on any atom is 0.255 e. The van der Waals surface area contributed by atoms with Crippen molar-refractivity contribution in [3.63, 3.8) is 0 Å². The number of likely N-dealkylation sites (tertiary alicyclic amines) is 1. The summed E-state index contributed by atoms with van der Waals surface area (Å²) < 4.78 is 18.8. The van der Waals surface area contributed by atoms with Crippen LogP contribution in [0.2, 0.25) is 0 Å². The maximum atomic E-state index is 13.0. The molecule has 0 bridgehead atoms. The molecule has 1 unspecified atom stereocenters. The summed E-state index contributed by atoms with van der Waals surface area (Å²) >= 11 is 0. The Balaban J connectivity index is 1.38. The van der Waals surface area contributed by atoms with E-state index in [2.05, 4.69) is 10.2 Å². The molecule has 4 nitrogen and oxygen atoms in total. The predicted molar refractivity (Wildman–Crippen MR) is 97.6 cm³/mol. The summed E-state index contributed by atoms with van der Waals surface area (Å²) in [6.07, 6.45) is 3.59. The number of benzene rings is 2. The van der Waals surface area contributed by atoms with E-state index in [9.17, 15) is 9.18 Å². The molecule has 1 N–H and O–H groups in total. The Morgan fingerprint density at radius 2 is 1.88 bits per heavy atom. The molecule has 136 valence electrons. The van der Waals surface area contributed by atoms with Crippen molar-refractivity contribution in [1.82, 2.24) is 10.2 Å². The van der Waals surface area contributed by atoms with Gasteiger partial charge in [-0.05, 0) is 49.1 Å². The van der Waals surface area contributed by atoms with Crippen molar-refractivity contribution in [2.75, 3.05) is 13.1 Å². The summed E-state index contributed by atoms with van der Waals surface area (Å²) in [7, 11) is 0. The molecule has 1 amide bonds. The zero-order chi connectivity index (χ0) is 17.9. The summed E-state index contributed by atoms with van der Waals surface area (Å²) in [5, 5.41) is 3.14. The SMILES string of the molecule is O=C(NC1CCN(C2CC2)C1)c1ccccc1OCc1ccc(F)cc1. The summed E-state index contributed by atoms with van der Waals surface area (Å²) in [5.74, 6) is 0.180. The Bertz CT molecular complexity index is 774. The van der Waals surface area contributed by atoms with Gasteiger partial charge in [0.2, 0.25) is 0 Å². The molecular formula is C21H23FN2O2. The van der Waals surface area contributed by atoms with Crippen molar-refractivity contribution in [3.05, 3.63) is 65.5 Å². The largest absolute Gasteiger partial charge is 0.488 e. The van der Waals surface area contributed by atoms with E-state index in [-0.39, 0.29) is 17.8 Å². The number of amides is 1. The van der Waals surface area contributed by atoms with Gasteiger partial charge in [0.25, 0.3) is 5.91 Å². The number of carbonyl (C=O) groups excluding carboxylic acids is 1. The second kappa shape index (κ2) is 7.46. The van der Waals surface area contributed by atoms with E-state index in [0.29, 0.717) is 17.9 Å². The van der Waals surface area contributed by atoms with E-state index < -0.39 is 0 Å². The molecule has 26 heavy (non-hydrogen) atoms. The average Bonchev–Trinajstić information content (AvgIpc) is 3.41. The Hall–Kier alpha value is -2.40. The lowest BCUT2D eigenvalue weighted by Crippen LogP contribution is -2.37. The van der Waals surface area contributed by atoms with E-state index in [4.69, 9.17) is 4.74 Å². The normalized spacial score (nSPS) is 20.1. The van der Waals surface area contributed by atoms with E-state index in [1.54, 1.807) is 24.3 Å². The van der Waals surface area contributed by atoms with Gasteiger partial charge in [0.1, 0.15) is 18.2 Å². The fourth-order valence-electron chi connectivity index (χ4n) is 3.46. The van der Waals surface area contributed by atoms with Gasteiger partial charge in [-0.3, -0.25) is 9.69 Å². The molecule has 1 aliphatic heterocycles. The van der Waals surface area contributed by atoms with Gasteiger partial charge >= 0.3 is 0 Å². The molecule has 5 heteroatoms. The van der Waals surface area contributed by atoms with Crippen LogP contribution in [0.4, 0.5) is 4.39 Å². The molecule has 0 spiro atoms. The van der Waals surface area contributed by atoms with Gasteiger partial charge in [-0.1, -0.05) is 24.3 Å². The van der Waals surface area contributed by atoms with Gasteiger partial charge in [0.05, 0.1) is 5.56 Å². The Morgan fingerprint density at radius 1 is 1.12 bits per heavy atom. The molecule has 1 aliphatic carbocycles. The molecule has 1 heterocycles. The predicted octanol–water partition coefficient (Wildman–Crippen LogP) is 3.37. The van der Waals surface area contributed by atoms with Crippen LogP contribution in [0.1, 0.15) is 35.2 Å². The van der Waals surface area contributed by atoms with Crippen LogP contribution in [0, 0.1) is 5.82 Å². The number of halogens is 1. The molecule has 2 aliphatic rings. The van der Waals surface area contributed by atoms with Crippen molar-refractivity contribution in [1.29, 1.82) is 0 Å². The van der Waals surface area contributed by atoms with Crippen LogP contribution in [0.3, 0.4) is 0 Å². The van der Waals surface area contributed by atoms with E-state index in [1.807, 2.05) is 12.1 Å². The van der Waals surface area contributed by atoms with E-state index in [0.717, 1.165) is 31.1 Å². The van der Waals surface area contributed by atoms with Crippen LogP contribution in [0.5, 0.6) is 5.75 Å². The zero-order valence-corrected chi connectivity index (χ0v) is 14.7. The number of carbonyl (C=O) groups is 1. The molecule has 2 aromatic rings. The molecular weight excluding hydrogens is 331 g/mol. The fraction of sp³-hybridized carbons (Fsp3) is 0.381. The highest BCUT2D eigenvalue weighted by Crippen LogP contribution is 2.30. The quantitative estimate of drug-likeness (QED) is 0.865. The number of rotatable bonds is 6. The Morgan fingerprint density at radius 3 is 2.65 bits per heavy atom. The summed E-state index contributed by atoms with van der Waals surface area (Å²) in [5.41, 5.74) is 1.40. The van der Waals surface area contributed by atoms with E-state index in [1.165, 1.54) is 25.0 Å². The van der Waals surface area contributed by atoms with Crippen molar-refractivity contribution in [2.45, 2.75) is 38.0 Å². The monoisotopic (exact) mass is 354 g/mol. The minimum Gasteiger partial charge on any atom is -0.488 e. The minimum atomic E-state index is -0.273. The van der Waals surface area contributed by atoms with Crippen molar-refractivity contribution in [2.24, 2.45) is 0 Å². The third-order valence-corrected chi connectivity index (χ3v) is 5.06. The van der Waals surface area contributed by atoms with Crippen LogP contribution in [0.25, 0.3) is 0 Å². The van der Waals surface area contributed by atoms with Crippen LogP contribution >= 0.6 is 0 Å². The fourth-order valence-corrected chi connectivity index (χ4v) is 3.46. The van der Waals surface area contributed by atoms with Crippen LogP contribution < -0.4 is 10.1 Å². The molecule has 1 saturated carbocycles. The first kappa shape index (κ1) is 17.0. The zero-order valence-electron chi connectivity index (χ0n) is 14.7. The number of nitrogens with one attached hydrogen (secondary N) is 1. The van der Waals surface area contributed by atoms with Crippen molar-refractivity contribution < 1.29 is 13.9 Å². The first-order valence-electron chi connectivity index (χ1n) is 9.20. The molecule has 4 rings (SSSR count). The number of nitrogens with zero attached hydrogens (tertiary/aromatic N) is 1. The van der Waals surface area contributed by atoms with Crippen LogP contribution in [-0.4, -0.2) is 36.0 Å². The van der Waals surface area contributed by atoms with Gasteiger partial charge in [0.15, 0.2) is 0 Å². The van der Waals surface area contributed by atoms with Gasteiger partial charge in [-0.15, -0.1) is 0 Å². The van der Waals surface area contributed by atoms with Crippen LogP contribution in [-0.2, 0) is 6.61 Å². The Labute approximate surface area is 153 Å². The smallest absolute Gasteiger partial charge is 0.255 e. The van der Waals surface area contributed by atoms with Crippen molar-refractivity contribution >= 4 is 5.91 Å². The number of para-hydroxylation sites is 1. The molecule has 0 radical (unpaired) electrons. The lowest BCUT2D eigenvalue weighted by Gasteiger charge is -2.17. The van der Waals surface area contributed by atoms with Gasteiger partial charge < -0.3 is 10.1 Å². The van der Waals surface area contributed by atoms with Gasteiger partial charge in [-0.25, -0.2) is 4.39 Å². The number of hydrogen-bond donors (Lipinski definition) is 1. The Kier molecular flexibility index (Phi) is 4.89.